The lowest BCUT2D eigenvalue weighted by molar-refractivity contribution is -0.165. The Morgan fingerprint density at radius 3 is 1.43 bits per heavy atom. The van der Waals surface area contributed by atoms with Crippen LogP contribution in [0.2, 0.25) is 0 Å². The highest BCUT2D eigenvalue weighted by atomic mass is 32.1. The van der Waals surface area contributed by atoms with Gasteiger partial charge in [0.15, 0.2) is 12.2 Å². The van der Waals surface area contributed by atoms with Crippen molar-refractivity contribution in [1.82, 2.24) is 9.80 Å². The first-order chi connectivity index (χ1) is 19.0. The molecule has 2 unspecified atom stereocenters. The fraction of sp³-hybridized carbons (Fsp3) is 0.429. The summed E-state index contributed by atoms with van der Waals surface area (Å²) in [6.07, 6.45) is 6.39. The molecule has 2 aromatic heterocycles. The monoisotopic (exact) mass is 590 g/mol. The molecule has 0 bridgehead atoms. The summed E-state index contributed by atoms with van der Waals surface area (Å²) in [4.78, 5) is 35.6. The van der Waals surface area contributed by atoms with E-state index in [1.165, 1.54) is 33.7 Å². The Kier molecular flexibility index (Phi) is 13.7. The number of carboxylic acids is 2. The largest absolute Gasteiger partial charge is 0.479 e. The number of carboxylic acid groups (broad SMARTS) is 2. The lowest BCUT2D eigenvalue weighted by atomic mass is 10.2. The molecule has 2 aromatic rings. The van der Waals surface area contributed by atoms with Crippen molar-refractivity contribution in [3.05, 3.63) is 55.9 Å². The second kappa shape index (κ2) is 16.7. The van der Waals surface area contributed by atoms with Gasteiger partial charge in [0.05, 0.1) is 0 Å². The van der Waals surface area contributed by atoms with Crippen LogP contribution in [0, 0.1) is 13.8 Å². The summed E-state index contributed by atoms with van der Waals surface area (Å²) in [7, 11) is 4.20. The number of amidine groups is 2. The van der Waals surface area contributed by atoms with E-state index in [0.717, 1.165) is 37.9 Å². The maximum absolute atomic E-state index is 9.77. The van der Waals surface area contributed by atoms with Gasteiger partial charge >= 0.3 is 11.9 Å². The summed E-state index contributed by atoms with van der Waals surface area (Å²) in [5, 5.41) is 36.8. The quantitative estimate of drug-likeness (QED) is 0.383. The van der Waals surface area contributed by atoms with Gasteiger partial charge in [-0.25, -0.2) is 9.59 Å². The summed E-state index contributed by atoms with van der Waals surface area (Å²) in [5.41, 5.74) is 2.69. The van der Waals surface area contributed by atoms with E-state index in [1.54, 1.807) is 22.7 Å². The number of likely N-dealkylation sites (N-methyl/N-ethyl adjacent to an activating group) is 2. The van der Waals surface area contributed by atoms with Crippen molar-refractivity contribution < 1.29 is 30.0 Å². The molecule has 40 heavy (non-hydrogen) atoms. The van der Waals surface area contributed by atoms with Gasteiger partial charge in [-0.1, -0.05) is 0 Å². The molecule has 4 rings (SSSR count). The third-order valence-electron chi connectivity index (χ3n) is 6.01. The van der Waals surface area contributed by atoms with Crippen LogP contribution in [0.4, 0.5) is 0 Å². The maximum Gasteiger partial charge on any atom is 0.335 e. The highest BCUT2D eigenvalue weighted by molar-refractivity contribution is 7.11. The fourth-order valence-corrected chi connectivity index (χ4v) is 5.15. The molecule has 0 aromatic carbocycles. The van der Waals surface area contributed by atoms with Crippen LogP contribution in [0.15, 0.2) is 45.0 Å². The van der Waals surface area contributed by atoms with Crippen molar-refractivity contribution in [3.63, 3.8) is 0 Å². The molecule has 2 atom stereocenters. The van der Waals surface area contributed by atoms with Gasteiger partial charge in [-0.2, -0.15) is 0 Å². The van der Waals surface area contributed by atoms with E-state index in [2.05, 4.69) is 94.9 Å². The Hall–Kier alpha value is -3.32. The van der Waals surface area contributed by atoms with Crippen LogP contribution >= 0.6 is 22.7 Å². The highest BCUT2D eigenvalue weighted by Gasteiger charge is 2.29. The maximum atomic E-state index is 9.77. The predicted octanol–water partition coefficient (Wildman–Crippen LogP) is 3.48. The first-order valence-electron chi connectivity index (χ1n) is 12.8. The molecule has 2 aliphatic heterocycles. The summed E-state index contributed by atoms with van der Waals surface area (Å²) in [6, 6.07) is 4.30. The van der Waals surface area contributed by atoms with Gasteiger partial charge in [-0.3, -0.25) is 9.98 Å². The average Bonchev–Trinajstić information content (AvgIpc) is 3.54. The Morgan fingerprint density at radius 2 is 1.15 bits per heavy atom. The Morgan fingerprint density at radius 1 is 0.775 bits per heavy atom. The van der Waals surface area contributed by atoms with Crippen LogP contribution in [0.1, 0.15) is 33.7 Å². The number of hydrogen-bond acceptors (Lipinski definition) is 10. The van der Waals surface area contributed by atoms with Crippen LogP contribution in [-0.2, 0) is 9.59 Å². The third-order valence-corrected chi connectivity index (χ3v) is 7.98. The Bertz CT molecular complexity index is 1140. The minimum Gasteiger partial charge on any atom is -0.479 e. The van der Waals surface area contributed by atoms with Crippen LogP contribution in [-0.4, -0.2) is 106 Å². The Balaban J connectivity index is 0.000000216. The molecule has 12 heteroatoms. The molecule has 0 radical (unpaired) electrons. The van der Waals surface area contributed by atoms with Crippen molar-refractivity contribution >= 4 is 58.4 Å². The molecule has 10 nitrogen and oxygen atoms in total. The van der Waals surface area contributed by atoms with E-state index >= 15 is 0 Å². The van der Waals surface area contributed by atoms with Gasteiger partial charge in [0.2, 0.25) is 0 Å². The predicted molar refractivity (Wildman–Crippen MR) is 163 cm³/mol. The van der Waals surface area contributed by atoms with E-state index in [1.807, 2.05) is 0 Å². The number of aliphatic imine (C=N–C) groups is 2. The molecular weight excluding hydrogens is 552 g/mol. The number of thiophene rings is 2. The number of aryl methyl sites for hydroxylation is 2. The zero-order valence-corrected chi connectivity index (χ0v) is 24.9. The summed E-state index contributed by atoms with van der Waals surface area (Å²) in [5.74, 6) is -1.33. The van der Waals surface area contributed by atoms with E-state index in [-0.39, 0.29) is 0 Å². The van der Waals surface area contributed by atoms with Crippen molar-refractivity contribution in [2.45, 2.75) is 38.9 Å². The molecule has 0 fully saturated rings. The minimum atomic E-state index is -2.27. The number of aliphatic carboxylic acids is 2. The molecule has 4 N–H and O–H groups in total. The first-order valence-corrected chi connectivity index (χ1v) is 14.5. The first kappa shape index (κ1) is 32.9. The second-order valence-electron chi connectivity index (χ2n) is 9.20. The van der Waals surface area contributed by atoms with Gasteiger partial charge in [-0.15, -0.1) is 22.7 Å². The lowest BCUT2D eigenvalue weighted by Crippen LogP contribution is -2.39. The minimum absolute atomic E-state index is 0.966. The summed E-state index contributed by atoms with van der Waals surface area (Å²) >= 11 is 3.56. The standard InChI is InChI=1S/2C12H16N2S.C4H6O6/c2*1-10-6-9-15-11(10)4-5-12-13-7-3-8-14(12)2;5-1(3(7)8)2(6)4(9)10/h2*4-6,9H,3,7-8H2,1-2H3;1-2,5-6H,(H,7,8)(H,9,10)/b2*5-4+;. The summed E-state index contributed by atoms with van der Waals surface area (Å²) < 4.78 is 0. The Labute approximate surface area is 242 Å². The van der Waals surface area contributed by atoms with E-state index in [0.29, 0.717) is 0 Å². The SMILES string of the molecule is Cc1ccsc1/C=C/C1=NCCCN1C.Cc1ccsc1/C=C/C1=NCCCN1C.O=C(O)C(O)C(O)C(=O)O. The van der Waals surface area contributed by atoms with Crippen molar-refractivity contribution in [3.8, 4) is 0 Å². The number of aliphatic hydroxyl groups excluding tert-OH is 2. The van der Waals surface area contributed by atoms with Crippen LogP contribution in [0.25, 0.3) is 12.2 Å². The van der Waals surface area contributed by atoms with E-state index in [9.17, 15) is 9.59 Å². The van der Waals surface area contributed by atoms with Gasteiger partial charge in [0.1, 0.15) is 11.7 Å². The van der Waals surface area contributed by atoms with Crippen LogP contribution in [0.3, 0.4) is 0 Å². The van der Waals surface area contributed by atoms with Crippen LogP contribution in [0.5, 0.6) is 0 Å². The molecule has 4 heterocycles. The van der Waals surface area contributed by atoms with E-state index in [4.69, 9.17) is 20.4 Å². The average molecular weight is 591 g/mol. The van der Waals surface area contributed by atoms with Gasteiger partial charge in [0.25, 0.3) is 0 Å². The third kappa shape index (κ3) is 10.7. The molecule has 0 spiro atoms. The molecule has 2 aliphatic rings. The van der Waals surface area contributed by atoms with Gasteiger partial charge in [0, 0.05) is 50.0 Å². The zero-order valence-electron chi connectivity index (χ0n) is 23.2. The number of hydrogen-bond donors (Lipinski definition) is 4. The number of nitrogens with zero attached hydrogens (tertiary/aromatic N) is 4. The van der Waals surface area contributed by atoms with Gasteiger partial charge in [-0.05, 0) is 85.0 Å². The molecule has 0 amide bonds. The number of carbonyl (C=O) groups is 2. The van der Waals surface area contributed by atoms with Crippen LogP contribution < -0.4 is 0 Å². The normalized spacial score (nSPS) is 16.9. The summed E-state index contributed by atoms with van der Waals surface area (Å²) in [6.45, 7) is 8.45. The van der Waals surface area contributed by atoms with Crippen molar-refractivity contribution in [1.29, 1.82) is 0 Å². The van der Waals surface area contributed by atoms with Crippen molar-refractivity contribution in [2.24, 2.45) is 9.98 Å². The second-order valence-corrected chi connectivity index (χ2v) is 11.1. The molecule has 0 saturated carbocycles. The topological polar surface area (TPSA) is 146 Å². The van der Waals surface area contributed by atoms with Crippen molar-refractivity contribution in [2.75, 3.05) is 40.3 Å². The zero-order chi connectivity index (χ0) is 29.7. The highest BCUT2D eigenvalue weighted by Crippen LogP contribution is 2.18. The number of aliphatic hydroxyl groups is 2. The van der Waals surface area contributed by atoms with Gasteiger partial charge < -0.3 is 30.2 Å². The smallest absolute Gasteiger partial charge is 0.335 e. The fourth-order valence-electron chi connectivity index (χ4n) is 3.51. The number of rotatable bonds is 7. The molecule has 218 valence electrons. The lowest BCUT2D eigenvalue weighted by Gasteiger charge is -2.22. The molecule has 0 saturated heterocycles. The molecule has 0 aliphatic carbocycles. The molecular formula is C28H38N4O6S2. The van der Waals surface area contributed by atoms with E-state index < -0.39 is 24.1 Å².